The van der Waals surface area contributed by atoms with Crippen molar-refractivity contribution in [2.24, 2.45) is 23.6 Å². The van der Waals surface area contributed by atoms with E-state index in [2.05, 4.69) is 0 Å². The van der Waals surface area contributed by atoms with E-state index < -0.39 is 10.0 Å². The van der Waals surface area contributed by atoms with Gasteiger partial charge in [-0.3, -0.25) is 5.84 Å². The van der Waals surface area contributed by atoms with Gasteiger partial charge in [0.1, 0.15) is 0 Å². The maximum atomic E-state index is 13.0. The Bertz CT molecular complexity index is 646. The van der Waals surface area contributed by atoms with Gasteiger partial charge in [-0.1, -0.05) is 17.7 Å². The van der Waals surface area contributed by atoms with Crippen LogP contribution in [0.5, 0.6) is 0 Å². The van der Waals surface area contributed by atoms with Crippen molar-refractivity contribution in [1.29, 1.82) is 0 Å². The summed E-state index contributed by atoms with van der Waals surface area (Å²) in [6.45, 7) is 1.95. The van der Waals surface area contributed by atoms with Crippen LogP contribution in [-0.4, -0.2) is 18.4 Å². The van der Waals surface area contributed by atoms with E-state index in [1.165, 1.54) is 23.7 Å². The van der Waals surface area contributed by atoms with Gasteiger partial charge in [0.25, 0.3) is 10.0 Å². The van der Waals surface area contributed by atoms with Gasteiger partial charge < -0.3 is 0 Å². The lowest BCUT2D eigenvalue weighted by Gasteiger charge is -2.58. The molecule has 0 radical (unpaired) electrons. The fraction of sp³-hybridized carbons (Fsp3) is 0.647. The Hall–Kier alpha value is -0.910. The van der Waals surface area contributed by atoms with Gasteiger partial charge in [0, 0.05) is 0 Å². The van der Waals surface area contributed by atoms with Crippen LogP contribution in [-0.2, 0) is 10.0 Å². The van der Waals surface area contributed by atoms with Crippen molar-refractivity contribution in [3.8, 4) is 0 Å². The molecular formula is C17H24N2O2S. The molecule has 0 heterocycles. The largest absolute Gasteiger partial charge is 0.256 e. The van der Waals surface area contributed by atoms with Crippen LogP contribution in [0.25, 0.3) is 0 Å². The van der Waals surface area contributed by atoms with Crippen LogP contribution in [0, 0.1) is 24.7 Å². The van der Waals surface area contributed by atoms with Gasteiger partial charge in [-0.2, -0.15) is 0 Å². The van der Waals surface area contributed by atoms with Crippen LogP contribution in [0.3, 0.4) is 0 Å². The van der Waals surface area contributed by atoms with E-state index in [-0.39, 0.29) is 5.54 Å². The molecule has 0 spiro atoms. The number of aryl methyl sites for hydroxylation is 1. The molecule has 1 aromatic rings. The fourth-order valence-electron chi connectivity index (χ4n) is 5.41. The van der Waals surface area contributed by atoms with Crippen molar-refractivity contribution in [2.75, 3.05) is 0 Å². The van der Waals surface area contributed by atoms with E-state index in [0.29, 0.717) is 22.6 Å². The minimum absolute atomic E-state index is 0.316. The number of sulfonamides is 1. The number of nitrogens with two attached hydrogens (primary N) is 1. The lowest BCUT2D eigenvalue weighted by Crippen LogP contribution is -2.63. The van der Waals surface area contributed by atoms with Crippen LogP contribution in [0.2, 0.25) is 0 Å². The van der Waals surface area contributed by atoms with Gasteiger partial charge in [0.15, 0.2) is 0 Å². The summed E-state index contributed by atoms with van der Waals surface area (Å²) in [5, 5.41) is 0. The van der Waals surface area contributed by atoms with Crippen molar-refractivity contribution >= 4 is 10.0 Å². The predicted molar refractivity (Wildman–Crippen MR) is 85.3 cm³/mol. The average Bonchev–Trinajstić information content (AvgIpc) is 2.45. The predicted octanol–water partition coefficient (Wildman–Crippen LogP) is 2.83. The van der Waals surface area contributed by atoms with E-state index in [1.807, 2.05) is 19.1 Å². The Balaban J connectivity index is 1.69. The number of rotatable bonds is 3. The van der Waals surface area contributed by atoms with Gasteiger partial charge in [0.05, 0.1) is 10.4 Å². The molecule has 0 amide bonds. The third kappa shape index (κ3) is 2.14. The highest BCUT2D eigenvalue weighted by molar-refractivity contribution is 7.89. The van der Waals surface area contributed by atoms with Crippen LogP contribution < -0.4 is 5.84 Å². The zero-order valence-corrected chi connectivity index (χ0v) is 13.8. The second-order valence-corrected chi connectivity index (χ2v) is 9.57. The van der Waals surface area contributed by atoms with Gasteiger partial charge in [-0.15, -0.1) is 4.41 Å². The third-order valence-electron chi connectivity index (χ3n) is 6.05. The van der Waals surface area contributed by atoms with Crippen LogP contribution in [0.4, 0.5) is 0 Å². The highest BCUT2D eigenvalue weighted by Gasteiger charge is 2.55. The van der Waals surface area contributed by atoms with Crippen LogP contribution in [0.15, 0.2) is 29.2 Å². The van der Waals surface area contributed by atoms with Gasteiger partial charge in [-0.05, 0) is 75.3 Å². The molecule has 5 heteroatoms. The van der Waals surface area contributed by atoms with E-state index in [4.69, 9.17) is 5.84 Å². The Morgan fingerprint density at radius 3 is 1.91 bits per heavy atom. The minimum atomic E-state index is -3.61. The molecule has 1 aromatic carbocycles. The lowest BCUT2D eigenvalue weighted by molar-refractivity contribution is -0.0571. The first-order valence-electron chi connectivity index (χ1n) is 8.26. The molecule has 0 aliphatic heterocycles. The quantitative estimate of drug-likeness (QED) is 0.688. The molecule has 4 nitrogen and oxygen atoms in total. The molecule has 0 atom stereocenters. The Morgan fingerprint density at radius 1 is 1.00 bits per heavy atom. The SMILES string of the molecule is Cc1ccc(S(=O)(=O)N(N)C23CC4CC(CC(C4)C2)C3)cc1. The number of nitrogens with zero attached hydrogens (tertiary/aromatic N) is 1. The van der Waals surface area contributed by atoms with E-state index in [0.717, 1.165) is 24.8 Å². The summed E-state index contributed by atoms with van der Waals surface area (Å²) in [6.07, 6.45) is 6.66. The molecular weight excluding hydrogens is 296 g/mol. The number of benzene rings is 1. The van der Waals surface area contributed by atoms with Gasteiger partial charge in [0.2, 0.25) is 0 Å². The van der Waals surface area contributed by atoms with Crippen molar-refractivity contribution in [3.63, 3.8) is 0 Å². The molecule has 0 aromatic heterocycles. The summed E-state index contributed by atoms with van der Waals surface area (Å²) in [5.74, 6) is 8.28. The summed E-state index contributed by atoms with van der Waals surface area (Å²) in [5.41, 5.74) is 0.718. The molecule has 4 fully saturated rings. The highest BCUT2D eigenvalue weighted by atomic mass is 32.2. The zero-order valence-electron chi connectivity index (χ0n) is 13.0. The van der Waals surface area contributed by atoms with Gasteiger partial charge in [-0.25, -0.2) is 8.42 Å². The summed E-state index contributed by atoms with van der Waals surface area (Å²) >= 11 is 0. The molecule has 4 saturated carbocycles. The van der Waals surface area contributed by atoms with Crippen molar-refractivity contribution in [1.82, 2.24) is 4.41 Å². The molecule has 2 N–H and O–H groups in total. The van der Waals surface area contributed by atoms with E-state index in [1.54, 1.807) is 12.1 Å². The highest BCUT2D eigenvalue weighted by Crippen LogP contribution is 2.57. The monoisotopic (exact) mass is 320 g/mol. The smallest absolute Gasteiger partial charge is 0.254 e. The van der Waals surface area contributed by atoms with Crippen molar-refractivity contribution in [2.45, 2.75) is 55.9 Å². The van der Waals surface area contributed by atoms with Crippen molar-refractivity contribution < 1.29 is 8.42 Å². The number of hydrogen-bond donors (Lipinski definition) is 1. The van der Waals surface area contributed by atoms with Gasteiger partial charge >= 0.3 is 0 Å². The summed E-state index contributed by atoms with van der Waals surface area (Å²) in [6, 6.07) is 7.01. The maximum Gasteiger partial charge on any atom is 0.256 e. The van der Waals surface area contributed by atoms with Crippen molar-refractivity contribution in [3.05, 3.63) is 29.8 Å². The second kappa shape index (κ2) is 4.79. The molecule has 4 bridgehead atoms. The first kappa shape index (κ1) is 14.7. The van der Waals surface area contributed by atoms with Crippen LogP contribution in [0.1, 0.15) is 44.1 Å². The lowest BCUT2D eigenvalue weighted by atomic mass is 9.53. The first-order chi connectivity index (χ1) is 10.4. The fourth-order valence-corrected chi connectivity index (χ4v) is 6.85. The summed E-state index contributed by atoms with van der Waals surface area (Å²) < 4.78 is 27.2. The molecule has 4 aliphatic carbocycles. The molecule has 4 aliphatic rings. The molecule has 0 saturated heterocycles. The first-order valence-corrected chi connectivity index (χ1v) is 9.70. The standard InChI is InChI=1S/C17H24N2O2S/c1-12-2-4-16(5-3-12)22(20,21)19(18)17-9-13-6-14(10-17)8-15(7-13)11-17/h2-5,13-15H,6-11,18H2,1H3. The molecule has 22 heavy (non-hydrogen) atoms. The Kier molecular flexibility index (Phi) is 3.19. The second-order valence-electron chi connectivity index (χ2n) is 7.76. The molecule has 120 valence electrons. The van der Waals surface area contributed by atoms with E-state index in [9.17, 15) is 8.42 Å². The molecule has 5 rings (SSSR count). The van der Waals surface area contributed by atoms with E-state index >= 15 is 0 Å². The number of hydrogen-bond acceptors (Lipinski definition) is 3. The summed E-state index contributed by atoms with van der Waals surface area (Å²) in [4.78, 5) is 0.316. The van der Waals surface area contributed by atoms with Crippen LogP contribution >= 0.6 is 0 Å². The zero-order chi connectivity index (χ0) is 15.5. The average molecular weight is 320 g/mol. The topological polar surface area (TPSA) is 63.4 Å². The normalized spacial score (nSPS) is 37.0. The molecule has 0 unspecified atom stereocenters. The third-order valence-corrected chi connectivity index (χ3v) is 7.82. The Labute approximate surface area is 132 Å². The number of hydrazine groups is 1. The summed E-state index contributed by atoms with van der Waals surface area (Å²) in [7, 11) is -3.61. The maximum absolute atomic E-state index is 13.0. The minimum Gasteiger partial charge on any atom is -0.254 e. The Morgan fingerprint density at radius 2 is 1.45 bits per heavy atom.